The summed E-state index contributed by atoms with van der Waals surface area (Å²) in [4.78, 5) is 19.5. The van der Waals surface area contributed by atoms with Crippen molar-refractivity contribution in [3.8, 4) is 6.07 Å². The summed E-state index contributed by atoms with van der Waals surface area (Å²) in [6.07, 6.45) is 8.13. The van der Waals surface area contributed by atoms with E-state index in [9.17, 15) is 10.1 Å². The van der Waals surface area contributed by atoms with Crippen LogP contribution in [0.4, 0.5) is 10.5 Å². The SMILES string of the molecule is COC(=O)N1c2ccc3c(nc(Cc4ccccc4C#N)n3C3CCCCC3)c2CC[C@@H]1C. The zero-order chi connectivity index (χ0) is 22.9. The van der Waals surface area contributed by atoms with E-state index in [2.05, 4.69) is 29.7 Å². The molecule has 0 saturated heterocycles. The van der Waals surface area contributed by atoms with Gasteiger partial charge in [0.2, 0.25) is 0 Å². The van der Waals surface area contributed by atoms with E-state index >= 15 is 0 Å². The Balaban J connectivity index is 1.68. The number of benzene rings is 2. The number of amides is 1. The first kappa shape index (κ1) is 21.5. The van der Waals surface area contributed by atoms with Crippen LogP contribution in [0.1, 0.15) is 74.0 Å². The fourth-order valence-electron chi connectivity index (χ4n) is 5.65. The standard InChI is InChI=1S/C27H30N4O2/c1-18-12-13-22-23(30(18)27(32)33-2)14-15-24-26(22)29-25(31(24)21-10-4-3-5-11-21)16-19-8-6-7-9-20(19)17-28/h6-9,14-15,18,21H,3-5,10-13,16H2,1-2H3/t18-/m0/s1. The molecule has 6 heteroatoms. The third kappa shape index (κ3) is 3.76. The molecule has 1 aliphatic carbocycles. The second kappa shape index (κ2) is 8.90. The van der Waals surface area contributed by atoms with Crippen LogP contribution >= 0.6 is 0 Å². The topological polar surface area (TPSA) is 71.2 Å². The fraction of sp³-hybridized carbons (Fsp3) is 0.444. The lowest BCUT2D eigenvalue weighted by molar-refractivity contribution is 0.175. The first-order valence-electron chi connectivity index (χ1n) is 12.0. The van der Waals surface area contributed by atoms with Crippen LogP contribution in [0.5, 0.6) is 0 Å². The van der Waals surface area contributed by atoms with Crippen LogP contribution in [0.2, 0.25) is 0 Å². The highest BCUT2D eigenvalue weighted by Gasteiger charge is 2.32. The first-order valence-corrected chi connectivity index (χ1v) is 12.0. The predicted molar refractivity (Wildman–Crippen MR) is 128 cm³/mol. The van der Waals surface area contributed by atoms with E-state index < -0.39 is 0 Å². The summed E-state index contributed by atoms with van der Waals surface area (Å²) in [5.74, 6) is 1.01. The minimum atomic E-state index is -0.322. The zero-order valence-corrected chi connectivity index (χ0v) is 19.4. The number of aryl methyl sites for hydroxylation is 1. The van der Waals surface area contributed by atoms with Gasteiger partial charge >= 0.3 is 6.09 Å². The number of aromatic nitrogens is 2. The lowest BCUT2D eigenvalue weighted by atomic mass is 9.94. The molecule has 170 valence electrons. The number of carbonyl (C=O) groups excluding carboxylic acids is 1. The molecule has 2 heterocycles. The molecule has 0 radical (unpaired) electrons. The minimum absolute atomic E-state index is 0.0878. The molecule has 3 aromatic rings. The lowest BCUT2D eigenvalue weighted by Crippen LogP contribution is -2.42. The molecule has 1 aromatic heterocycles. The highest BCUT2D eigenvalue weighted by atomic mass is 16.5. The highest BCUT2D eigenvalue weighted by Crippen LogP contribution is 2.39. The van der Waals surface area contributed by atoms with Crippen molar-refractivity contribution in [2.24, 2.45) is 0 Å². The number of nitriles is 1. The summed E-state index contributed by atoms with van der Waals surface area (Å²) in [5.41, 5.74) is 5.87. The van der Waals surface area contributed by atoms with E-state index in [1.54, 1.807) is 4.90 Å². The van der Waals surface area contributed by atoms with Gasteiger partial charge in [-0.25, -0.2) is 9.78 Å². The van der Waals surface area contributed by atoms with Crippen LogP contribution in [0, 0.1) is 11.3 Å². The molecule has 1 amide bonds. The largest absolute Gasteiger partial charge is 0.452 e. The predicted octanol–water partition coefficient (Wildman–Crippen LogP) is 5.91. The Labute approximate surface area is 194 Å². The Morgan fingerprint density at radius 1 is 1.15 bits per heavy atom. The molecule has 1 atom stereocenters. The van der Waals surface area contributed by atoms with E-state index in [0.717, 1.165) is 59.4 Å². The normalized spacial score (nSPS) is 18.7. The average Bonchev–Trinajstić information content (AvgIpc) is 3.22. The van der Waals surface area contributed by atoms with Gasteiger partial charge in [-0.3, -0.25) is 4.90 Å². The molecule has 1 aliphatic heterocycles. The number of carbonyl (C=O) groups is 1. The molecule has 0 bridgehead atoms. The monoisotopic (exact) mass is 442 g/mol. The second-order valence-electron chi connectivity index (χ2n) is 9.29. The third-order valence-corrected chi connectivity index (χ3v) is 7.33. The lowest BCUT2D eigenvalue weighted by Gasteiger charge is -2.34. The van der Waals surface area contributed by atoms with E-state index in [4.69, 9.17) is 9.72 Å². The molecule has 33 heavy (non-hydrogen) atoms. The molecule has 1 saturated carbocycles. The van der Waals surface area contributed by atoms with Gasteiger partial charge in [0.25, 0.3) is 0 Å². The maximum atomic E-state index is 12.6. The van der Waals surface area contributed by atoms with Crippen molar-refractivity contribution in [3.63, 3.8) is 0 Å². The highest BCUT2D eigenvalue weighted by molar-refractivity contribution is 5.95. The summed E-state index contributed by atoms with van der Waals surface area (Å²) >= 11 is 0. The number of hydrogen-bond acceptors (Lipinski definition) is 4. The Hall–Kier alpha value is -3.33. The molecular weight excluding hydrogens is 412 g/mol. The van der Waals surface area contributed by atoms with Crippen LogP contribution in [0.3, 0.4) is 0 Å². The molecule has 2 aromatic carbocycles. The molecule has 0 unspecified atom stereocenters. The van der Waals surface area contributed by atoms with E-state index in [-0.39, 0.29) is 12.1 Å². The van der Waals surface area contributed by atoms with Gasteiger partial charge in [-0.05, 0) is 56.4 Å². The van der Waals surface area contributed by atoms with Crippen molar-refractivity contribution in [1.29, 1.82) is 5.26 Å². The van der Waals surface area contributed by atoms with Gasteiger partial charge in [-0.15, -0.1) is 0 Å². The van der Waals surface area contributed by atoms with Crippen LogP contribution in [0.15, 0.2) is 36.4 Å². The van der Waals surface area contributed by atoms with Crippen LogP contribution in [-0.2, 0) is 17.6 Å². The van der Waals surface area contributed by atoms with Gasteiger partial charge in [0, 0.05) is 24.1 Å². The molecule has 6 nitrogen and oxygen atoms in total. The molecule has 2 aliphatic rings. The van der Waals surface area contributed by atoms with E-state index in [0.29, 0.717) is 18.0 Å². The number of fused-ring (bicyclic) bond motifs is 3. The number of rotatable bonds is 3. The van der Waals surface area contributed by atoms with Crippen LogP contribution in [-0.4, -0.2) is 28.8 Å². The quantitative estimate of drug-likeness (QED) is 0.505. The summed E-state index contributed by atoms with van der Waals surface area (Å²) in [5, 5.41) is 9.62. The number of nitrogens with zero attached hydrogens (tertiary/aromatic N) is 4. The maximum Gasteiger partial charge on any atom is 0.414 e. The smallest absolute Gasteiger partial charge is 0.414 e. The van der Waals surface area contributed by atoms with Crippen LogP contribution < -0.4 is 4.90 Å². The van der Waals surface area contributed by atoms with Gasteiger partial charge < -0.3 is 9.30 Å². The zero-order valence-electron chi connectivity index (χ0n) is 19.4. The fourth-order valence-corrected chi connectivity index (χ4v) is 5.65. The Kier molecular flexibility index (Phi) is 5.80. The van der Waals surface area contributed by atoms with Crippen molar-refractivity contribution < 1.29 is 9.53 Å². The molecule has 5 rings (SSSR count). The first-order chi connectivity index (χ1) is 16.1. The van der Waals surface area contributed by atoms with E-state index in [1.165, 1.54) is 26.4 Å². The average molecular weight is 443 g/mol. The van der Waals surface area contributed by atoms with Gasteiger partial charge in [0.05, 0.1) is 35.5 Å². The summed E-state index contributed by atoms with van der Waals surface area (Å²) in [7, 11) is 1.43. The van der Waals surface area contributed by atoms with Crippen molar-refractivity contribution in [2.45, 2.75) is 70.4 Å². The number of anilines is 1. The number of imidazole rings is 1. The summed E-state index contributed by atoms with van der Waals surface area (Å²) in [6.45, 7) is 2.06. The van der Waals surface area contributed by atoms with Gasteiger partial charge in [-0.1, -0.05) is 37.5 Å². The van der Waals surface area contributed by atoms with Crippen LogP contribution in [0.25, 0.3) is 11.0 Å². The van der Waals surface area contributed by atoms with Crippen molar-refractivity contribution >= 4 is 22.8 Å². The van der Waals surface area contributed by atoms with Crippen molar-refractivity contribution in [2.75, 3.05) is 12.0 Å². The van der Waals surface area contributed by atoms with Gasteiger partial charge in [0.1, 0.15) is 5.82 Å². The van der Waals surface area contributed by atoms with E-state index in [1.807, 2.05) is 24.3 Å². The molecular formula is C27H30N4O2. The van der Waals surface area contributed by atoms with Gasteiger partial charge in [-0.2, -0.15) is 5.26 Å². The maximum absolute atomic E-state index is 12.6. The molecule has 1 fully saturated rings. The van der Waals surface area contributed by atoms with Crippen molar-refractivity contribution in [1.82, 2.24) is 9.55 Å². The Morgan fingerprint density at radius 3 is 2.70 bits per heavy atom. The third-order valence-electron chi connectivity index (χ3n) is 7.33. The summed E-state index contributed by atoms with van der Waals surface area (Å²) in [6, 6.07) is 14.8. The number of methoxy groups -OCH3 is 1. The Morgan fingerprint density at radius 2 is 1.94 bits per heavy atom. The molecule has 0 spiro atoms. The van der Waals surface area contributed by atoms with Gasteiger partial charge in [0.15, 0.2) is 0 Å². The number of hydrogen-bond donors (Lipinski definition) is 0. The minimum Gasteiger partial charge on any atom is -0.452 e. The second-order valence-corrected chi connectivity index (χ2v) is 9.29. The number of ether oxygens (including phenoxy) is 1. The molecule has 0 N–H and O–H groups in total. The van der Waals surface area contributed by atoms with Crippen molar-refractivity contribution in [3.05, 3.63) is 58.9 Å². The summed E-state index contributed by atoms with van der Waals surface area (Å²) < 4.78 is 7.52. The Bertz CT molecular complexity index is 1230.